The molecule has 25 heavy (non-hydrogen) atoms. The van der Waals surface area contributed by atoms with Gasteiger partial charge in [0, 0.05) is 4.47 Å². The van der Waals surface area contributed by atoms with Crippen LogP contribution in [0.5, 0.6) is 17.2 Å². The average molecular weight is 432 g/mol. The molecule has 0 aliphatic rings. The molecule has 0 aliphatic carbocycles. The second-order valence-corrected chi connectivity index (χ2v) is 7.79. The summed E-state index contributed by atoms with van der Waals surface area (Å²) in [5.41, 5.74) is 0. The van der Waals surface area contributed by atoms with Gasteiger partial charge in [0.1, 0.15) is 0 Å². The van der Waals surface area contributed by atoms with Crippen LogP contribution in [0.3, 0.4) is 0 Å². The lowest BCUT2D eigenvalue weighted by Crippen LogP contribution is -2.39. The van der Waals surface area contributed by atoms with E-state index in [0.29, 0.717) is 4.47 Å². The van der Waals surface area contributed by atoms with Crippen molar-refractivity contribution in [1.29, 1.82) is 0 Å². The smallest absolute Gasteiger partial charge is 0.274 e. The van der Waals surface area contributed by atoms with E-state index in [1.807, 2.05) is 4.72 Å². The Hall–Kier alpha value is -2.13. The van der Waals surface area contributed by atoms with Crippen LogP contribution in [-0.4, -0.2) is 26.7 Å². The van der Waals surface area contributed by atoms with E-state index < -0.39 is 27.9 Å². The van der Waals surface area contributed by atoms with Crippen molar-refractivity contribution in [3.05, 3.63) is 52.8 Å². The Morgan fingerprint density at radius 1 is 1.16 bits per heavy atom. The molecule has 1 N–H and O–H groups in total. The fourth-order valence-corrected chi connectivity index (χ4v) is 2.68. The van der Waals surface area contributed by atoms with E-state index >= 15 is 0 Å². The Morgan fingerprint density at radius 2 is 1.80 bits per heavy atom. The minimum atomic E-state index is -3.69. The molecule has 1 amide bonds. The third-order valence-corrected chi connectivity index (χ3v) is 3.99. The van der Waals surface area contributed by atoms with Crippen LogP contribution in [0.15, 0.2) is 46.9 Å². The molecule has 0 saturated heterocycles. The monoisotopic (exact) mass is 431 g/mol. The fourth-order valence-electron chi connectivity index (χ4n) is 1.82. The minimum absolute atomic E-state index is 0.0208. The topological polar surface area (TPSA) is 81.7 Å². The van der Waals surface area contributed by atoms with E-state index in [4.69, 9.17) is 9.47 Å². The summed E-state index contributed by atoms with van der Waals surface area (Å²) in [7, 11) is -3.69. The fraction of sp³-hybridized carbons (Fsp3) is 0.188. The SMILES string of the molecule is CC(Oc1ccccc1Oc1ccc(Br)cc1F)C(=O)NS(C)(=O)=O. The zero-order valence-corrected chi connectivity index (χ0v) is 15.7. The highest BCUT2D eigenvalue weighted by molar-refractivity contribution is 9.10. The maximum absolute atomic E-state index is 13.9. The van der Waals surface area contributed by atoms with E-state index in [1.165, 1.54) is 31.2 Å². The summed E-state index contributed by atoms with van der Waals surface area (Å²) in [6.07, 6.45) is -0.236. The number of ether oxygens (including phenoxy) is 2. The van der Waals surface area contributed by atoms with Crippen LogP contribution < -0.4 is 14.2 Å². The third-order valence-electron chi connectivity index (χ3n) is 2.92. The van der Waals surface area contributed by atoms with Gasteiger partial charge in [-0.3, -0.25) is 9.52 Å². The number of benzene rings is 2. The van der Waals surface area contributed by atoms with E-state index in [0.717, 1.165) is 6.26 Å². The summed E-state index contributed by atoms with van der Waals surface area (Å²) in [5.74, 6) is -1.07. The molecule has 0 spiro atoms. The Balaban J connectivity index is 2.19. The van der Waals surface area contributed by atoms with Gasteiger partial charge in [-0.15, -0.1) is 0 Å². The molecule has 0 saturated carbocycles. The van der Waals surface area contributed by atoms with Crippen molar-refractivity contribution >= 4 is 31.9 Å². The van der Waals surface area contributed by atoms with Gasteiger partial charge in [0.25, 0.3) is 5.91 Å². The van der Waals surface area contributed by atoms with Crippen molar-refractivity contribution in [2.24, 2.45) is 0 Å². The molecule has 2 rings (SSSR count). The van der Waals surface area contributed by atoms with Crippen LogP contribution in [-0.2, 0) is 14.8 Å². The quantitative estimate of drug-likeness (QED) is 0.758. The molecule has 1 unspecified atom stereocenters. The number of halogens is 2. The summed E-state index contributed by atoms with van der Waals surface area (Å²) < 4.78 is 49.5. The van der Waals surface area contributed by atoms with Gasteiger partial charge in [-0.25, -0.2) is 12.8 Å². The molecule has 0 aromatic heterocycles. The normalized spacial score (nSPS) is 12.3. The summed E-state index contributed by atoms with van der Waals surface area (Å²) >= 11 is 3.15. The molecule has 1 atom stereocenters. The first-order chi connectivity index (χ1) is 11.7. The molecule has 0 aliphatic heterocycles. The Labute approximate surface area is 153 Å². The van der Waals surface area contributed by atoms with Gasteiger partial charge in [0.05, 0.1) is 6.26 Å². The summed E-state index contributed by atoms with van der Waals surface area (Å²) in [6, 6.07) is 10.7. The van der Waals surface area contributed by atoms with Gasteiger partial charge in [0.2, 0.25) is 10.0 Å². The second-order valence-electron chi connectivity index (χ2n) is 5.12. The van der Waals surface area contributed by atoms with E-state index in [-0.39, 0.29) is 17.2 Å². The van der Waals surface area contributed by atoms with Crippen molar-refractivity contribution < 1.29 is 27.1 Å². The van der Waals surface area contributed by atoms with Crippen LogP contribution >= 0.6 is 15.9 Å². The molecule has 9 heteroatoms. The van der Waals surface area contributed by atoms with Crippen LogP contribution in [0.4, 0.5) is 4.39 Å². The number of rotatable bonds is 6. The predicted octanol–water partition coefficient (Wildman–Crippen LogP) is 3.22. The van der Waals surface area contributed by atoms with Gasteiger partial charge in [0.15, 0.2) is 29.2 Å². The van der Waals surface area contributed by atoms with Crippen molar-refractivity contribution in [3.63, 3.8) is 0 Å². The molecular formula is C16H15BrFNO5S. The summed E-state index contributed by atoms with van der Waals surface area (Å²) in [5, 5.41) is 0. The standard InChI is InChI=1S/C16H15BrFNO5S/c1-10(16(20)19-25(2,21)22)23-14-5-3-4-6-15(14)24-13-8-7-11(17)9-12(13)18/h3-10H,1-2H3,(H,19,20). The number of sulfonamides is 1. The van der Waals surface area contributed by atoms with Crippen molar-refractivity contribution in [3.8, 4) is 17.2 Å². The van der Waals surface area contributed by atoms with Crippen molar-refractivity contribution in [2.45, 2.75) is 13.0 Å². The van der Waals surface area contributed by atoms with E-state index in [1.54, 1.807) is 18.2 Å². The Bertz CT molecular complexity index is 888. The van der Waals surface area contributed by atoms with Crippen LogP contribution in [0.25, 0.3) is 0 Å². The highest BCUT2D eigenvalue weighted by atomic mass is 79.9. The summed E-state index contributed by atoms with van der Waals surface area (Å²) in [4.78, 5) is 11.8. The first-order valence-corrected chi connectivity index (χ1v) is 9.74. The summed E-state index contributed by atoms with van der Waals surface area (Å²) in [6.45, 7) is 1.39. The zero-order chi connectivity index (χ0) is 18.6. The average Bonchev–Trinajstić information content (AvgIpc) is 2.50. The number of carbonyl (C=O) groups excluding carboxylic acids is 1. The lowest BCUT2D eigenvalue weighted by molar-refractivity contribution is -0.125. The first-order valence-electron chi connectivity index (χ1n) is 7.06. The Kier molecular flexibility index (Phi) is 6.02. The third kappa shape index (κ3) is 5.71. The maximum Gasteiger partial charge on any atom is 0.274 e. The zero-order valence-electron chi connectivity index (χ0n) is 13.3. The van der Waals surface area contributed by atoms with E-state index in [9.17, 15) is 17.6 Å². The molecule has 0 radical (unpaired) electrons. The number of para-hydroxylation sites is 2. The minimum Gasteiger partial charge on any atom is -0.477 e. The maximum atomic E-state index is 13.9. The van der Waals surface area contributed by atoms with Crippen LogP contribution in [0.1, 0.15) is 6.92 Å². The lowest BCUT2D eigenvalue weighted by Gasteiger charge is -2.17. The highest BCUT2D eigenvalue weighted by Crippen LogP contribution is 2.33. The van der Waals surface area contributed by atoms with Crippen molar-refractivity contribution in [2.75, 3.05) is 6.26 Å². The number of carbonyl (C=O) groups is 1. The molecule has 2 aromatic rings. The predicted molar refractivity (Wildman–Crippen MR) is 93.7 cm³/mol. The highest BCUT2D eigenvalue weighted by Gasteiger charge is 2.20. The number of hydrogen-bond acceptors (Lipinski definition) is 5. The second kappa shape index (κ2) is 7.83. The Morgan fingerprint density at radius 3 is 2.40 bits per heavy atom. The molecule has 0 bridgehead atoms. The van der Waals surface area contributed by atoms with Gasteiger partial charge in [-0.1, -0.05) is 28.1 Å². The molecule has 134 valence electrons. The van der Waals surface area contributed by atoms with Gasteiger partial charge >= 0.3 is 0 Å². The van der Waals surface area contributed by atoms with Crippen LogP contribution in [0, 0.1) is 5.82 Å². The van der Waals surface area contributed by atoms with Gasteiger partial charge in [-0.2, -0.15) is 0 Å². The number of hydrogen-bond donors (Lipinski definition) is 1. The van der Waals surface area contributed by atoms with Crippen molar-refractivity contribution in [1.82, 2.24) is 4.72 Å². The molecule has 0 fully saturated rings. The van der Waals surface area contributed by atoms with E-state index in [2.05, 4.69) is 15.9 Å². The lowest BCUT2D eigenvalue weighted by atomic mass is 10.3. The largest absolute Gasteiger partial charge is 0.477 e. The van der Waals surface area contributed by atoms with Gasteiger partial charge in [-0.05, 0) is 37.3 Å². The molecule has 6 nitrogen and oxygen atoms in total. The number of nitrogens with one attached hydrogen (secondary N) is 1. The molecular weight excluding hydrogens is 417 g/mol. The number of amides is 1. The molecule has 2 aromatic carbocycles. The van der Waals surface area contributed by atoms with Gasteiger partial charge < -0.3 is 9.47 Å². The molecule has 0 heterocycles. The first kappa shape index (κ1) is 19.2. The van der Waals surface area contributed by atoms with Crippen LogP contribution in [0.2, 0.25) is 0 Å².